The average molecular weight is 375 g/mol. The monoisotopic (exact) mass is 374 g/mol. The van der Waals surface area contributed by atoms with Gasteiger partial charge in [0.25, 0.3) is 19.4 Å². The molecule has 0 saturated carbocycles. The molecule has 1 aliphatic heterocycles. The molecule has 0 aliphatic carbocycles. The Hall–Kier alpha value is -1.77. The summed E-state index contributed by atoms with van der Waals surface area (Å²) in [5, 5.41) is 0. The summed E-state index contributed by atoms with van der Waals surface area (Å²) in [7, 11) is 0. The summed E-state index contributed by atoms with van der Waals surface area (Å²) in [4.78, 5) is 33.3. The molecule has 0 N–H and O–H groups in total. The van der Waals surface area contributed by atoms with Crippen LogP contribution in [0.15, 0.2) is 35.2 Å². The number of hydrogen-bond donors (Lipinski definition) is 0. The maximum atomic E-state index is 10.9. The normalized spacial score (nSPS) is 29.3. The lowest BCUT2D eigenvalue weighted by Crippen LogP contribution is -2.59. The summed E-state index contributed by atoms with van der Waals surface area (Å²) in [6.07, 6.45) is -3.71. The molecular formula is C15H15ClO7S. The first kappa shape index (κ1) is 18.6. The molecule has 5 atom stereocenters. The van der Waals surface area contributed by atoms with E-state index in [9.17, 15) is 14.4 Å². The molecule has 0 aromatic heterocycles. The minimum absolute atomic E-state index is 0.00309. The second kappa shape index (κ2) is 9.51. The van der Waals surface area contributed by atoms with Crippen molar-refractivity contribution in [2.45, 2.75) is 34.7 Å². The van der Waals surface area contributed by atoms with Crippen molar-refractivity contribution < 1.29 is 33.3 Å². The van der Waals surface area contributed by atoms with Gasteiger partial charge in [0.05, 0.1) is 5.88 Å². The fourth-order valence-electron chi connectivity index (χ4n) is 2.39. The number of carbonyl (C=O) groups is 3. The SMILES string of the molecule is O=CO[C@@H]1[C@@H](OC=O)[C@H](Sc2ccccc2)O[C@H](CCl)[C@H]1OC=O. The molecule has 1 aromatic carbocycles. The average Bonchev–Trinajstić information content (AvgIpc) is 2.60. The van der Waals surface area contributed by atoms with E-state index in [4.69, 9.17) is 30.5 Å². The van der Waals surface area contributed by atoms with E-state index in [2.05, 4.69) is 0 Å². The summed E-state index contributed by atoms with van der Waals surface area (Å²) in [6, 6.07) is 9.25. The highest BCUT2D eigenvalue weighted by atomic mass is 35.5. The van der Waals surface area contributed by atoms with E-state index in [1.807, 2.05) is 30.3 Å². The van der Waals surface area contributed by atoms with Crippen molar-refractivity contribution in [1.29, 1.82) is 0 Å². The number of rotatable bonds is 9. The second-order valence-electron chi connectivity index (χ2n) is 4.72. The Morgan fingerprint density at radius 3 is 2.12 bits per heavy atom. The topological polar surface area (TPSA) is 88.1 Å². The molecule has 1 aromatic rings. The van der Waals surface area contributed by atoms with Gasteiger partial charge in [0.1, 0.15) is 11.5 Å². The van der Waals surface area contributed by atoms with E-state index in [1.54, 1.807) is 0 Å². The smallest absolute Gasteiger partial charge is 0.293 e. The fraction of sp³-hybridized carbons (Fsp3) is 0.400. The number of thioether (sulfide) groups is 1. The van der Waals surface area contributed by atoms with E-state index < -0.39 is 29.9 Å². The standard InChI is InChI=1S/C15H15ClO7S/c16-6-11-12(20-7-17)13(21-8-18)14(22-9-19)15(23-11)24-10-4-2-1-3-5-10/h1-5,7-9,11-15H,6H2/t11-,12-,13+,14-,15+/m1/s1. The van der Waals surface area contributed by atoms with Gasteiger partial charge in [-0.05, 0) is 12.1 Å². The van der Waals surface area contributed by atoms with Crippen LogP contribution in [0.4, 0.5) is 0 Å². The van der Waals surface area contributed by atoms with E-state index in [0.29, 0.717) is 0 Å². The third-order valence-electron chi connectivity index (χ3n) is 3.38. The van der Waals surface area contributed by atoms with Gasteiger partial charge in [0, 0.05) is 4.90 Å². The minimum Gasteiger partial charge on any atom is -0.458 e. The molecule has 1 aliphatic rings. The number of benzene rings is 1. The molecule has 1 saturated heterocycles. The van der Waals surface area contributed by atoms with Crippen LogP contribution >= 0.6 is 23.4 Å². The van der Waals surface area contributed by atoms with Crippen LogP contribution in [0.25, 0.3) is 0 Å². The first-order chi connectivity index (χ1) is 11.7. The predicted molar refractivity (Wildman–Crippen MR) is 84.5 cm³/mol. The van der Waals surface area contributed by atoms with Crippen molar-refractivity contribution in [3.8, 4) is 0 Å². The van der Waals surface area contributed by atoms with Crippen LogP contribution in [0.1, 0.15) is 0 Å². The molecule has 130 valence electrons. The number of alkyl halides is 1. The van der Waals surface area contributed by atoms with Crippen LogP contribution in [0.2, 0.25) is 0 Å². The molecule has 1 heterocycles. The van der Waals surface area contributed by atoms with Crippen molar-refractivity contribution in [2.24, 2.45) is 0 Å². The highest BCUT2D eigenvalue weighted by Crippen LogP contribution is 2.36. The lowest BCUT2D eigenvalue weighted by atomic mass is 10.00. The van der Waals surface area contributed by atoms with Gasteiger partial charge in [-0.15, -0.1) is 11.6 Å². The van der Waals surface area contributed by atoms with Crippen molar-refractivity contribution in [2.75, 3.05) is 5.88 Å². The Labute approximate surface area is 147 Å². The van der Waals surface area contributed by atoms with Crippen LogP contribution in [0, 0.1) is 0 Å². The Bertz CT molecular complexity index is 544. The lowest BCUT2D eigenvalue weighted by molar-refractivity contribution is -0.217. The van der Waals surface area contributed by atoms with Gasteiger partial charge in [0.15, 0.2) is 18.3 Å². The van der Waals surface area contributed by atoms with Crippen molar-refractivity contribution in [3.63, 3.8) is 0 Å². The molecule has 0 bridgehead atoms. The van der Waals surface area contributed by atoms with Crippen LogP contribution in [-0.2, 0) is 33.3 Å². The molecule has 9 heteroatoms. The Morgan fingerprint density at radius 1 is 0.958 bits per heavy atom. The summed E-state index contributed by atoms with van der Waals surface area (Å²) in [5.74, 6) is -0.00309. The van der Waals surface area contributed by atoms with Gasteiger partial charge < -0.3 is 18.9 Å². The molecule has 24 heavy (non-hydrogen) atoms. The van der Waals surface area contributed by atoms with E-state index in [-0.39, 0.29) is 25.3 Å². The number of carbonyl (C=O) groups excluding carboxylic acids is 3. The van der Waals surface area contributed by atoms with Gasteiger partial charge in [-0.25, -0.2) is 0 Å². The zero-order valence-corrected chi connectivity index (χ0v) is 13.9. The maximum Gasteiger partial charge on any atom is 0.293 e. The summed E-state index contributed by atoms with van der Waals surface area (Å²) in [5.41, 5.74) is -0.696. The lowest BCUT2D eigenvalue weighted by Gasteiger charge is -2.42. The minimum atomic E-state index is -1.03. The largest absolute Gasteiger partial charge is 0.458 e. The molecular weight excluding hydrogens is 360 g/mol. The predicted octanol–water partition coefficient (Wildman–Crippen LogP) is 1.37. The molecule has 0 radical (unpaired) electrons. The number of hydrogen-bond acceptors (Lipinski definition) is 8. The number of ether oxygens (including phenoxy) is 4. The van der Waals surface area contributed by atoms with Crippen LogP contribution in [-0.4, -0.2) is 55.1 Å². The second-order valence-corrected chi connectivity index (χ2v) is 6.20. The maximum absolute atomic E-state index is 10.9. The van der Waals surface area contributed by atoms with E-state index in [0.717, 1.165) is 4.90 Å². The third-order valence-corrected chi connectivity index (χ3v) is 4.84. The summed E-state index contributed by atoms with van der Waals surface area (Å²) >= 11 is 7.16. The first-order valence-electron chi connectivity index (χ1n) is 6.95. The van der Waals surface area contributed by atoms with Gasteiger partial charge in [-0.3, -0.25) is 14.4 Å². The Balaban J connectivity index is 2.28. The molecule has 7 nitrogen and oxygen atoms in total. The van der Waals surface area contributed by atoms with Crippen LogP contribution < -0.4 is 0 Å². The summed E-state index contributed by atoms with van der Waals surface area (Å²) < 4.78 is 20.8. The molecule has 0 unspecified atom stereocenters. The van der Waals surface area contributed by atoms with Crippen molar-refractivity contribution >= 4 is 42.8 Å². The number of halogens is 1. The molecule has 1 fully saturated rings. The molecule has 0 spiro atoms. The highest BCUT2D eigenvalue weighted by molar-refractivity contribution is 7.99. The highest BCUT2D eigenvalue weighted by Gasteiger charge is 2.50. The zero-order chi connectivity index (χ0) is 17.4. The summed E-state index contributed by atoms with van der Waals surface area (Å²) in [6.45, 7) is 0.637. The van der Waals surface area contributed by atoms with Gasteiger partial charge >= 0.3 is 0 Å². The van der Waals surface area contributed by atoms with Crippen LogP contribution in [0.3, 0.4) is 0 Å². The van der Waals surface area contributed by atoms with Crippen LogP contribution in [0.5, 0.6) is 0 Å². The quantitative estimate of drug-likeness (QED) is 0.364. The first-order valence-corrected chi connectivity index (χ1v) is 8.37. The zero-order valence-electron chi connectivity index (χ0n) is 12.4. The van der Waals surface area contributed by atoms with E-state index in [1.165, 1.54) is 11.8 Å². The van der Waals surface area contributed by atoms with Gasteiger partial charge in [-0.1, -0.05) is 30.0 Å². The Morgan fingerprint density at radius 2 is 1.54 bits per heavy atom. The third kappa shape index (κ3) is 4.40. The Kier molecular flexibility index (Phi) is 7.36. The fourth-order valence-corrected chi connectivity index (χ4v) is 3.77. The van der Waals surface area contributed by atoms with Crippen molar-refractivity contribution in [3.05, 3.63) is 30.3 Å². The molecule has 2 rings (SSSR count). The molecule has 0 amide bonds. The van der Waals surface area contributed by atoms with E-state index >= 15 is 0 Å². The van der Waals surface area contributed by atoms with Gasteiger partial charge in [0.2, 0.25) is 0 Å². The van der Waals surface area contributed by atoms with Gasteiger partial charge in [-0.2, -0.15) is 0 Å². The van der Waals surface area contributed by atoms with Crippen molar-refractivity contribution in [1.82, 2.24) is 0 Å².